The molecule has 7 nitrogen and oxygen atoms in total. The third-order valence-electron chi connectivity index (χ3n) is 4.13. The second-order valence-corrected chi connectivity index (χ2v) is 5.79. The maximum Gasteiger partial charge on any atom is 0.324 e. The number of carbonyl (C=O) groups excluding carboxylic acids is 1. The number of methoxy groups -OCH3 is 1. The molecule has 2 aromatic carbocycles. The predicted octanol–water partition coefficient (Wildman–Crippen LogP) is 4.28. The van der Waals surface area contributed by atoms with Crippen molar-refractivity contribution >= 4 is 28.6 Å². The molecule has 2 aromatic heterocycles. The molecule has 0 aliphatic rings. The number of H-pyrrole nitrogens is 1. The highest BCUT2D eigenvalue weighted by Gasteiger charge is 2.17. The fraction of sp³-hybridized carbons (Fsp3) is 0.0500. The molecule has 0 aliphatic carbocycles. The van der Waals surface area contributed by atoms with Gasteiger partial charge in [-0.05, 0) is 18.2 Å². The van der Waals surface area contributed by atoms with E-state index in [0.717, 1.165) is 16.9 Å². The average Bonchev–Trinajstić information content (AvgIpc) is 3.14. The Labute approximate surface area is 155 Å². The van der Waals surface area contributed by atoms with Gasteiger partial charge in [0, 0.05) is 23.0 Å². The van der Waals surface area contributed by atoms with Crippen LogP contribution in [0.25, 0.3) is 22.2 Å². The van der Waals surface area contributed by atoms with Crippen molar-refractivity contribution < 1.29 is 9.53 Å². The largest absolute Gasteiger partial charge is 0.496 e. The van der Waals surface area contributed by atoms with Gasteiger partial charge in [-0.3, -0.25) is 5.32 Å². The zero-order valence-electron chi connectivity index (χ0n) is 14.6. The summed E-state index contributed by atoms with van der Waals surface area (Å²) in [7, 11) is 1.62. The first-order chi connectivity index (χ1) is 13.3. The molecule has 27 heavy (non-hydrogen) atoms. The number of nitrogens with zero attached hydrogens (tertiary/aromatic N) is 2. The van der Waals surface area contributed by atoms with Crippen LogP contribution < -0.4 is 15.4 Å². The highest BCUT2D eigenvalue weighted by atomic mass is 16.5. The van der Waals surface area contributed by atoms with E-state index in [1.807, 2.05) is 60.8 Å². The van der Waals surface area contributed by atoms with Crippen LogP contribution in [0.3, 0.4) is 0 Å². The van der Waals surface area contributed by atoms with Crippen LogP contribution in [0.4, 0.5) is 16.3 Å². The SMILES string of the molecule is COc1ccccc1-c1c[nH]c2ncnc(NC(=O)Nc3ccccc3)c12. The first-order valence-electron chi connectivity index (χ1n) is 8.35. The number of ether oxygens (including phenoxy) is 1. The molecule has 7 heteroatoms. The minimum Gasteiger partial charge on any atom is -0.496 e. The number of para-hydroxylation sites is 2. The van der Waals surface area contributed by atoms with Crippen LogP contribution >= 0.6 is 0 Å². The van der Waals surface area contributed by atoms with Gasteiger partial charge in [-0.25, -0.2) is 14.8 Å². The molecule has 134 valence electrons. The average molecular weight is 359 g/mol. The number of urea groups is 1. The second kappa shape index (κ2) is 7.17. The zero-order valence-corrected chi connectivity index (χ0v) is 14.6. The Bertz CT molecular complexity index is 1090. The van der Waals surface area contributed by atoms with Crippen molar-refractivity contribution in [1.82, 2.24) is 15.0 Å². The smallest absolute Gasteiger partial charge is 0.324 e. The van der Waals surface area contributed by atoms with Gasteiger partial charge in [-0.2, -0.15) is 0 Å². The molecule has 0 fully saturated rings. The quantitative estimate of drug-likeness (QED) is 0.507. The van der Waals surface area contributed by atoms with Gasteiger partial charge in [0.25, 0.3) is 0 Å². The van der Waals surface area contributed by atoms with Crippen molar-refractivity contribution in [2.24, 2.45) is 0 Å². The van der Waals surface area contributed by atoms with Crippen molar-refractivity contribution in [1.29, 1.82) is 0 Å². The third-order valence-corrected chi connectivity index (χ3v) is 4.13. The maximum atomic E-state index is 12.4. The standard InChI is InChI=1S/C20H17N5O2/c1-27-16-10-6-5-9-14(16)15-11-21-18-17(15)19(23-12-22-18)25-20(26)24-13-7-3-2-4-8-13/h2-12H,1H3,(H3,21,22,23,24,25,26). The van der Waals surface area contributed by atoms with Gasteiger partial charge in [-0.1, -0.05) is 36.4 Å². The van der Waals surface area contributed by atoms with Gasteiger partial charge in [0.05, 0.1) is 12.5 Å². The summed E-state index contributed by atoms with van der Waals surface area (Å²) in [4.78, 5) is 24.0. The summed E-state index contributed by atoms with van der Waals surface area (Å²) in [6.07, 6.45) is 3.24. The van der Waals surface area contributed by atoms with Crippen molar-refractivity contribution in [3.63, 3.8) is 0 Å². The van der Waals surface area contributed by atoms with Crippen LogP contribution in [0, 0.1) is 0 Å². The van der Waals surface area contributed by atoms with E-state index >= 15 is 0 Å². The monoisotopic (exact) mass is 359 g/mol. The number of hydrogen-bond donors (Lipinski definition) is 3. The molecule has 0 aliphatic heterocycles. The summed E-state index contributed by atoms with van der Waals surface area (Å²) >= 11 is 0. The van der Waals surface area contributed by atoms with Crippen LogP contribution in [0.15, 0.2) is 67.1 Å². The van der Waals surface area contributed by atoms with Gasteiger partial charge in [0.15, 0.2) is 0 Å². The Morgan fingerprint density at radius 1 is 0.963 bits per heavy atom. The molecule has 4 aromatic rings. The highest BCUT2D eigenvalue weighted by Crippen LogP contribution is 2.36. The van der Waals surface area contributed by atoms with E-state index in [1.165, 1.54) is 6.33 Å². The predicted molar refractivity (Wildman–Crippen MR) is 105 cm³/mol. The molecule has 0 radical (unpaired) electrons. The summed E-state index contributed by atoms with van der Waals surface area (Å²) in [5.74, 6) is 1.14. The minimum absolute atomic E-state index is 0.381. The second-order valence-electron chi connectivity index (χ2n) is 5.79. The number of nitrogens with one attached hydrogen (secondary N) is 3. The first-order valence-corrected chi connectivity index (χ1v) is 8.35. The molecular formula is C20H17N5O2. The van der Waals surface area contributed by atoms with E-state index in [0.29, 0.717) is 22.5 Å². The normalized spacial score (nSPS) is 10.6. The molecule has 0 saturated carbocycles. The number of amides is 2. The molecule has 0 saturated heterocycles. The van der Waals surface area contributed by atoms with Crippen LogP contribution in [0.2, 0.25) is 0 Å². The lowest BCUT2D eigenvalue weighted by molar-refractivity contribution is 0.262. The van der Waals surface area contributed by atoms with E-state index in [2.05, 4.69) is 25.6 Å². The maximum absolute atomic E-state index is 12.4. The van der Waals surface area contributed by atoms with Gasteiger partial charge in [0.2, 0.25) is 0 Å². The number of fused-ring (bicyclic) bond motifs is 1. The van der Waals surface area contributed by atoms with E-state index in [9.17, 15) is 4.79 Å². The Morgan fingerprint density at radius 2 is 1.74 bits per heavy atom. The van der Waals surface area contributed by atoms with Crippen molar-refractivity contribution in [3.05, 3.63) is 67.1 Å². The van der Waals surface area contributed by atoms with Crippen molar-refractivity contribution in [3.8, 4) is 16.9 Å². The third kappa shape index (κ3) is 3.30. The van der Waals surface area contributed by atoms with E-state index in [1.54, 1.807) is 7.11 Å². The van der Waals surface area contributed by atoms with Crippen LogP contribution in [0.5, 0.6) is 5.75 Å². The summed E-state index contributed by atoms with van der Waals surface area (Å²) in [5.41, 5.74) is 3.05. The molecule has 0 unspecified atom stereocenters. The number of benzene rings is 2. The molecule has 2 amide bonds. The van der Waals surface area contributed by atoms with Crippen LogP contribution in [0.1, 0.15) is 0 Å². The van der Waals surface area contributed by atoms with Crippen LogP contribution in [-0.4, -0.2) is 28.1 Å². The Morgan fingerprint density at radius 3 is 2.56 bits per heavy atom. The molecule has 3 N–H and O–H groups in total. The Hall–Kier alpha value is -3.87. The molecule has 0 spiro atoms. The number of aromatic nitrogens is 3. The topological polar surface area (TPSA) is 91.9 Å². The lowest BCUT2D eigenvalue weighted by Gasteiger charge is -2.10. The summed E-state index contributed by atoms with van der Waals surface area (Å²) < 4.78 is 5.46. The van der Waals surface area contributed by atoms with Gasteiger partial charge >= 0.3 is 6.03 Å². The molecule has 2 heterocycles. The summed E-state index contributed by atoms with van der Waals surface area (Å²) in [5, 5.41) is 6.30. The summed E-state index contributed by atoms with van der Waals surface area (Å²) in [6, 6.07) is 16.5. The summed E-state index contributed by atoms with van der Waals surface area (Å²) in [6.45, 7) is 0. The number of carbonyl (C=O) groups is 1. The zero-order chi connectivity index (χ0) is 18.6. The van der Waals surface area contributed by atoms with E-state index < -0.39 is 0 Å². The minimum atomic E-state index is -0.381. The molecule has 0 bridgehead atoms. The van der Waals surface area contributed by atoms with E-state index in [-0.39, 0.29) is 6.03 Å². The number of aromatic amines is 1. The molecular weight excluding hydrogens is 342 g/mol. The van der Waals surface area contributed by atoms with E-state index in [4.69, 9.17) is 4.74 Å². The lowest BCUT2D eigenvalue weighted by Crippen LogP contribution is -2.20. The Kier molecular flexibility index (Phi) is 4.40. The fourth-order valence-corrected chi connectivity index (χ4v) is 2.93. The number of rotatable bonds is 4. The highest BCUT2D eigenvalue weighted by molar-refractivity contribution is 6.08. The van der Waals surface area contributed by atoms with Crippen molar-refractivity contribution in [2.75, 3.05) is 17.7 Å². The first kappa shape index (κ1) is 16.6. The molecule has 0 atom stereocenters. The number of anilines is 2. The van der Waals surface area contributed by atoms with Gasteiger partial charge in [-0.15, -0.1) is 0 Å². The van der Waals surface area contributed by atoms with Gasteiger partial charge in [0.1, 0.15) is 23.5 Å². The fourth-order valence-electron chi connectivity index (χ4n) is 2.93. The molecule has 4 rings (SSSR count). The lowest BCUT2D eigenvalue weighted by atomic mass is 10.0. The number of hydrogen-bond acceptors (Lipinski definition) is 4. The van der Waals surface area contributed by atoms with Gasteiger partial charge < -0.3 is 15.0 Å². The Balaban J connectivity index is 1.71. The van der Waals surface area contributed by atoms with Crippen molar-refractivity contribution in [2.45, 2.75) is 0 Å². The van der Waals surface area contributed by atoms with Crippen LogP contribution in [-0.2, 0) is 0 Å².